The van der Waals surface area contributed by atoms with Gasteiger partial charge >= 0.3 is 0 Å². The molecule has 2 rings (SSSR count). The number of fused-ring (bicyclic) bond motifs is 1. The zero-order chi connectivity index (χ0) is 15.2. The lowest BCUT2D eigenvalue weighted by Crippen LogP contribution is -2.37. The Morgan fingerprint density at radius 1 is 1.38 bits per heavy atom. The highest BCUT2D eigenvalue weighted by atomic mass is 16.5. The van der Waals surface area contributed by atoms with Crippen LogP contribution in [0.1, 0.15) is 31.7 Å². The van der Waals surface area contributed by atoms with Gasteiger partial charge in [-0.2, -0.15) is 0 Å². The number of carbonyl (C=O) groups excluding carboxylic acids is 2. The van der Waals surface area contributed by atoms with Crippen LogP contribution in [0.4, 0.5) is 11.4 Å². The third-order valence-electron chi connectivity index (χ3n) is 3.53. The van der Waals surface area contributed by atoms with Gasteiger partial charge in [0, 0.05) is 31.5 Å². The molecule has 0 saturated carbocycles. The minimum atomic E-state index is -0.0266. The average Bonchev–Trinajstić information content (AvgIpc) is 2.46. The Bertz CT molecular complexity index is 528. The monoisotopic (exact) mass is 290 g/mol. The molecule has 1 aromatic rings. The minimum absolute atomic E-state index is 0.0266. The maximum atomic E-state index is 12.0. The van der Waals surface area contributed by atoms with Gasteiger partial charge in [-0.15, -0.1) is 0 Å². The quantitative estimate of drug-likeness (QED) is 0.905. The second kappa shape index (κ2) is 7.22. The van der Waals surface area contributed by atoms with Gasteiger partial charge in [-0.1, -0.05) is 6.92 Å². The molecule has 2 amide bonds. The van der Waals surface area contributed by atoms with Gasteiger partial charge in [-0.3, -0.25) is 9.59 Å². The largest absolute Gasteiger partial charge is 0.375 e. The number of benzene rings is 1. The highest BCUT2D eigenvalue weighted by Crippen LogP contribution is 2.29. The highest BCUT2D eigenvalue weighted by Gasteiger charge is 2.22. The number of methoxy groups -OCH3 is 1. The number of aryl methyl sites for hydroxylation is 1. The molecule has 1 aromatic carbocycles. The van der Waals surface area contributed by atoms with Crippen LogP contribution < -0.4 is 10.2 Å². The van der Waals surface area contributed by atoms with Gasteiger partial charge in [0.25, 0.3) is 5.91 Å². The second-order valence-corrected chi connectivity index (χ2v) is 5.22. The van der Waals surface area contributed by atoms with Crippen LogP contribution >= 0.6 is 0 Å². The number of carbonyl (C=O) groups is 2. The van der Waals surface area contributed by atoms with Crippen molar-refractivity contribution in [1.82, 2.24) is 0 Å². The predicted molar refractivity (Wildman–Crippen MR) is 82.5 cm³/mol. The molecule has 1 aliphatic heterocycles. The summed E-state index contributed by atoms with van der Waals surface area (Å²) in [7, 11) is 1.52. The molecule has 0 aromatic heterocycles. The molecule has 0 unspecified atom stereocenters. The Balaban J connectivity index is 2.16. The van der Waals surface area contributed by atoms with Crippen molar-refractivity contribution < 1.29 is 14.3 Å². The van der Waals surface area contributed by atoms with Crippen LogP contribution in [0.25, 0.3) is 0 Å². The fraction of sp³-hybridized carbons (Fsp3) is 0.500. The van der Waals surface area contributed by atoms with Gasteiger partial charge in [-0.25, -0.2) is 0 Å². The van der Waals surface area contributed by atoms with E-state index in [0.29, 0.717) is 6.42 Å². The fourth-order valence-corrected chi connectivity index (χ4v) is 2.59. The molecule has 1 heterocycles. The Labute approximate surface area is 125 Å². The molecule has 0 bridgehead atoms. The number of amides is 2. The van der Waals surface area contributed by atoms with E-state index in [1.54, 1.807) is 4.90 Å². The Morgan fingerprint density at radius 3 is 2.90 bits per heavy atom. The second-order valence-electron chi connectivity index (χ2n) is 5.22. The van der Waals surface area contributed by atoms with Crippen LogP contribution in [0.2, 0.25) is 0 Å². The van der Waals surface area contributed by atoms with E-state index in [-0.39, 0.29) is 18.4 Å². The van der Waals surface area contributed by atoms with Crippen molar-refractivity contribution in [2.24, 2.45) is 0 Å². The van der Waals surface area contributed by atoms with Crippen LogP contribution in [0.15, 0.2) is 18.2 Å². The van der Waals surface area contributed by atoms with Crippen molar-refractivity contribution in [2.75, 3.05) is 30.5 Å². The molecule has 0 spiro atoms. The fourth-order valence-electron chi connectivity index (χ4n) is 2.59. The Morgan fingerprint density at radius 2 is 2.19 bits per heavy atom. The van der Waals surface area contributed by atoms with Crippen LogP contribution in [0.5, 0.6) is 0 Å². The molecule has 0 aliphatic carbocycles. The van der Waals surface area contributed by atoms with Crippen LogP contribution in [-0.2, 0) is 20.7 Å². The molecule has 1 N–H and O–H groups in total. The molecule has 0 fully saturated rings. The molecule has 0 atom stereocenters. The van der Waals surface area contributed by atoms with Gasteiger partial charge in [0.2, 0.25) is 5.91 Å². The summed E-state index contributed by atoms with van der Waals surface area (Å²) in [5.74, 6) is 0.00166. The van der Waals surface area contributed by atoms with E-state index in [9.17, 15) is 9.59 Å². The lowest BCUT2D eigenvalue weighted by molar-refractivity contribution is -0.122. The first-order valence-corrected chi connectivity index (χ1v) is 7.37. The molecule has 5 nitrogen and oxygen atoms in total. The average molecular weight is 290 g/mol. The van der Waals surface area contributed by atoms with Gasteiger partial charge < -0.3 is 15.0 Å². The van der Waals surface area contributed by atoms with Gasteiger partial charge in [0.1, 0.15) is 6.61 Å². The summed E-state index contributed by atoms with van der Waals surface area (Å²) in [5, 5.41) is 2.90. The summed E-state index contributed by atoms with van der Waals surface area (Å²) >= 11 is 0. The maximum absolute atomic E-state index is 12.0. The van der Waals surface area contributed by atoms with E-state index in [4.69, 9.17) is 4.74 Å². The highest BCUT2D eigenvalue weighted by molar-refractivity contribution is 5.96. The standard InChI is InChI=1S/C16H22N2O3/c1-3-5-15(19)17-13-7-8-14-12(10-13)6-4-9-18(14)16(20)11-21-2/h7-8,10H,3-6,9,11H2,1-2H3,(H,17,19). The first-order valence-electron chi connectivity index (χ1n) is 7.37. The number of anilines is 2. The molecule has 1 aliphatic rings. The predicted octanol–water partition coefficient (Wildman–Crippen LogP) is 2.35. The number of ether oxygens (including phenoxy) is 1. The van der Waals surface area contributed by atoms with Crippen molar-refractivity contribution in [1.29, 1.82) is 0 Å². The lowest BCUT2D eigenvalue weighted by Gasteiger charge is -2.29. The van der Waals surface area contributed by atoms with Crippen molar-refractivity contribution in [3.63, 3.8) is 0 Å². The van der Waals surface area contributed by atoms with E-state index in [2.05, 4.69) is 5.32 Å². The number of nitrogens with zero attached hydrogens (tertiary/aromatic N) is 1. The molecular weight excluding hydrogens is 268 g/mol. The zero-order valence-electron chi connectivity index (χ0n) is 12.6. The summed E-state index contributed by atoms with van der Waals surface area (Å²) in [5.41, 5.74) is 2.82. The molecule has 0 radical (unpaired) electrons. The number of nitrogens with one attached hydrogen (secondary N) is 1. The molecule has 114 valence electrons. The summed E-state index contributed by atoms with van der Waals surface area (Å²) < 4.78 is 4.93. The Kier molecular flexibility index (Phi) is 5.33. The van der Waals surface area contributed by atoms with Crippen LogP contribution in [0.3, 0.4) is 0 Å². The van der Waals surface area contributed by atoms with Crippen molar-refractivity contribution in [3.05, 3.63) is 23.8 Å². The molecular formula is C16H22N2O3. The number of hydrogen-bond acceptors (Lipinski definition) is 3. The third-order valence-corrected chi connectivity index (χ3v) is 3.53. The number of rotatable bonds is 5. The minimum Gasteiger partial charge on any atom is -0.375 e. The maximum Gasteiger partial charge on any atom is 0.252 e. The summed E-state index contributed by atoms with van der Waals surface area (Å²) in [6.45, 7) is 2.79. The van der Waals surface area contributed by atoms with Gasteiger partial charge in [0.05, 0.1) is 0 Å². The topological polar surface area (TPSA) is 58.6 Å². The van der Waals surface area contributed by atoms with Crippen LogP contribution in [-0.4, -0.2) is 32.1 Å². The molecule has 0 saturated heterocycles. The third kappa shape index (κ3) is 3.82. The summed E-state index contributed by atoms with van der Waals surface area (Å²) in [6.07, 6.45) is 3.20. The van der Waals surface area contributed by atoms with Crippen molar-refractivity contribution >= 4 is 23.2 Å². The normalized spacial score (nSPS) is 13.7. The molecule has 21 heavy (non-hydrogen) atoms. The summed E-state index contributed by atoms with van der Waals surface area (Å²) in [6, 6.07) is 5.73. The lowest BCUT2D eigenvalue weighted by atomic mass is 10.0. The SMILES string of the molecule is CCCC(=O)Nc1ccc2c(c1)CCCN2C(=O)COC. The number of hydrogen-bond donors (Lipinski definition) is 1. The molecule has 5 heteroatoms. The van der Waals surface area contributed by atoms with E-state index in [0.717, 1.165) is 42.7 Å². The van der Waals surface area contributed by atoms with E-state index in [1.165, 1.54) is 7.11 Å². The first-order chi connectivity index (χ1) is 10.2. The summed E-state index contributed by atoms with van der Waals surface area (Å²) in [4.78, 5) is 25.4. The van der Waals surface area contributed by atoms with Gasteiger partial charge in [-0.05, 0) is 43.0 Å². The van der Waals surface area contributed by atoms with Crippen LogP contribution in [0, 0.1) is 0 Å². The van der Waals surface area contributed by atoms with E-state index < -0.39 is 0 Å². The Hall–Kier alpha value is -1.88. The van der Waals surface area contributed by atoms with E-state index in [1.807, 2.05) is 25.1 Å². The zero-order valence-corrected chi connectivity index (χ0v) is 12.6. The van der Waals surface area contributed by atoms with Gasteiger partial charge in [0.15, 0.2) is 0 Å². The first kappa shape index (κ1) is 15.5. The van der Waals surface area contributed by atoms with Crippen molar-refractivity contribution in [2.45, 2.75) is 32.6 Å². The van der Waals surface area contributed by atoms with Crippen molar-refractivity contribution in [3.8, 4) is 0 Å². The smallest absolute Gasteiger partial charge is 0.252 e. The van der Waals surface area contributed by atoms with E-state index >= 15 is 0 Å².